The van der Waals surface area contributed by atoms with E-state index in [2.05, 4.69) is 36.2 Å². The zero-order valence-corrected chi connectivity index (χ0v) is 16.6. The SMILES string of the molecule is CO[C@H]1CC[C@]2(CC1)Cc1ccc(-c3cncc(C)c3)cc1C21COC(N)=N1. The normalized spacial score (nSPS) is 31.1. The lowest BCUT2D eigenvalue weighted by atomic mass is 9.62. The number of aryl methyl sites for hydroxylation is 1. The molecule has 0 saturated heterocycles. The minimum absolute atomic E-state index is 0.0644. The van der Waals surface area contributed by atoms with Gasteiger partial charge in [0.25, 0.3) is 6.02 Å². The minimum Gasteiger partial charge on any atom is -0.462 e. The Morgan fingerprint density at radius 2 is 1.96 bits per heavy atom. The molecule has 5 nitrogen and oxygen atoms in total. The van der Waals surface area contributed by atoms with Crippen molar-refractivity contribution >= 4 is 6.02 Å². The fraction of sp³-hybridized carbons (Fsp3) is 0.478. The number of hydrogen-bond acceptors (Lipinski definition) is 5. The highest BCUT2D eigenvalue weighted by Gasteiger charge is 2.61. The number of amidine groups is 1. The van der Waals surface area contributed by atoms with Crippen LogP contribution < -0.4 is 5.73 Å². The van der Waals surface area contributed by atoms with Gasteiger partial charge in [0.1, 0.15) is 12.1 Å². The number of methoxy groups -OCH3 is 1. The Bertz CT molecular complexity index is 947. The smallest absolute Gasteiger partial charge is 0.283 e. The lowest BCUT2D eigenvalue weighted by molar-refractivity contribution is -0.00983. The first kappa shape index (κ1) is 17.7. The number of nitrogens with zero attached hydrogens (tertiary/aromatic N) is 2. The predicted molar refractivity (Wildman–Crippen MR) is 109 cm³/mol. The third kappa shape index (κ3) is 2.49. The summed E-state index contributed by atoms with van der Waals surface area (Å²) in [5, 5.41) is 0. The van der Waals surface area contributed by atoms with Crippen molar-refractivity contribution in [3.05, 3.63) is 53.3 Å². The zero-order valence-electron chi connectivity index (χ0n) is 16.6. The molecule has 1 saturated carbocycles. The largest absolute Gasteiger partial charge is 0.462 e. The van der Waals surface area contributed by atoms with Crippen LogP contribution in [-0.4, -0.2) is 30.8 Å². The Balaban J connectivity index is 1.61. The average molecular weight is 377 g/mol. The van der Waals surface area contributed by atoms with Crippen LogP contribution in [0.3, 0.4) is 0 Å². The van der Waals surface area contributed by atoms with Gasteiger partial charge in [-0.05, 0) is 73.4 Å². The van der Waals surface area contributed by atoms with Gasteiger partial charge in [0, 0.05) is 30.5 Å². The van der Waals surface area contributed by atoms with Crippen molar-refractivity contribution in [3.63, 3.8) is 0 Å². The molecule has 28 heavy (non-hydrogen) atoms. The van der Waals surface area contributed by atoms with Crippen molar-refractivity contribution in [2.24, 2.45) is 16.1 Å². The highest BCUT2D eigenvalue weighted by molar-refractivity contribution is 5.76. The van der Waals surface area contributed by atoms with E-state index >= 15 is 0 Å². The monoisotopic (exact) mass is 377 g/mol. The molecule has 0 bridgehead atoms. The molecule has 2 N–H and O–H groups in total. The van der Waals surface area contributed by atoms with E-state index in [4.69, 9.17) is 20.2 Å². The van der Waals surface area contributed by atoms with Crippen LogP contribution in [0.1, 0.15) is 42.4 Å². The van der Waals surface area contributed by atoms with Crippen molar-refractivity contribution in [1.29, 1.82) is 0 Å². The molecule has 2 aromatic rings. The maximum Gasteiger partial charge on any atom is 0.283 e. The number of aliphatic imine (C=N–C) groups is 1. The molecule has 146 valence electrons. The first-order chi connectivity index (χ1) is 13.6. The maximum absolute atomic E-state index is 6.05. The van der Waals surface area contributed by atoms with Gasteiger partial charge in [0.05, 0.1) is 6.10 Å². The molecule has 1 fully saturated rings. The van der Waals surface area contributed by atoms with E-state index in [0.717, 1.165) is 43.2 Å². The second-order valence-corrected chi connectivity index (χ2v) is 8.61. The Morgan fingerprint density at radius 3 is 2.64 bits per heavy atom. The summed E-state index contributed by atoms with van der Waals surface area (Å²) in [6.07, 6.45) is 9.50. The summed E-state index contributed by atoms with van der Waals surface area (Å²) < 4.78 is 11.4. The molecular formula is C23H27N3O2. The van der Waals surface area contributed by atoms with E-state index in [9.17, 15) is 0 Å². The molecule has 2 aliphatic carbocycles. The predicted octanol–water partition coefficient (Wildman–Crippen LogP) is 3.73. The van der Waals surface area contributed by atoms with Crippen molar-refractivity contribution in [2.75, 3.05) is 13.7 Å². The third-order valence-corrected chi connectivity index (χ3v) is 7.12. The summed E-state index contributed by atoms with van der Waals surface area (Å²) >= 11 is 0. The number of rotatable bonds is 2. The van der Waals surface area contributed by atoms with Gasteiger partial charge in [-0.2, -0.15) is 0 Å². The fourth-order valence-corrected chi connectivity index (χ4v) is 5.62. The van der Waals surface area contributed by atoms with Crippen molar-refractivity contribution < 1.29 is 9.47 Å². The standard InChI is InChI=1S/C23H27N3O2/c1-15-9-18(13-25-12-15)16-3-4-17-11-22(7-5-19(27-2)6-8-22)23(20(17)10-16)14-28-21(24)26-23/h3-4,9-10,12-13,19H,5-8,11,14H2,1-2H3,(H2,24,26)/t19-,22-,23?. The lowest BCUT2D eigenvalue weighted by Crippen LogP contribution is -2.46. The number of pyridine rings is 1. The number of benzene rings is 1. The topological polar surface area (TPSA) is 69.7 Å². The molecule has 5 rings (SSSR count). The fourth-order valence-electron chi connectivity index (χ4n) is 5.62. The van der Waals surface area contributed by atoms with Crippen LogP contribution in [0.2, 0.25) is 0 Å². The first-order valence-corrected chi connectivity index (χ1v) is 10.1. The molecule has 3 aliphatic rings. The molecular weight excluding hydrogens is 350 g/mol. The minimum atomic E-state index is -0.377. The summed E-state index contributed by atoms with van der Waals surface area (Å²) in [4.78, 5) is 9.33. The molecule has 0 radical (unpaired) electrons. The van der Waals surface area contributed by atoms with Gasteiger partial charge < -0.3 is 15.2 Å². The van der Waals surface area contributed by atoms with E-state index in [-0.39, 0.29) is 11.0 Å². The molecule has 5 heteroatoms. The van der Waals surface area contributed by atoms with Crippen LogP contribution in [0, 0.1) is 12.3 Å². The van der Waals surface area contributed by atoms with E-state index in [1.54, 1.807) is 0 Å². The van der Waals surface area contributed by atoms with Gasteiger partial charge in [-0.1, -0.05) is 12.1 Å². The van der Waals surface area contributed by atoms with Crippen LogP contribution in [0.5, 0.6) is 0 Å². The number of hydrogen-bond donors (Lipinski definition) is 1. The molecule has 1 aromatic carbocycles. The molecule has 2 spiro atoms. The van der Waals surface area contributed by atoms with Gasteiger partial charge in [-0.15, -0.1) is 0 Å². The third-order valence-electron chi connectivity index (χ3n) is 7.12. The second-order valence-electron chi connectivity index (χ2n) is 8.61. The van der Waals surface area contributed by atoms with Gasteiger partial charge >= 0.3 is 0 Å². The van der Waals surface area contributed by atoms with Crippen LogP contribution in [0.4, 0.5) is 0 Å². The summed E-state index contributed by atoms with van der Waals surface area (Å²) in [6, 6.07) is 9.29. The number of fused-ring (bicyclic) bond motifs is 3. The van der Waals surface area contributed by atoms with Crippen LogP contribution in [-0.2, 0) is 21.4 Å². The Labute approximate surface area is 166 Å². The van der Waals surface area contributed by atoms with Gasteiger partial charge in [0.15, 0.2) is 0 Å². The van der Waals surface area contributed by atoms with E-state index in [0.29, 0.717) is 18.7 Å². The van der Waals surface area contributed by atoms with Crippen LogP contribution in [0.15, 0.2) is 41.7 Å². The van der Waals surface area contributed by atoms with Crippen molar-refractivity contribution in [3.8, 4) is 11.1 Å². The second kappa shape index (κ2) is 6.31. The molecule has 1 aliphatic heterocycles. The van der Waals surface area contributed by atoms with E-state index in [1.807, 2.05) is 19.5 Å². The average Bonchev–Trinajstić information content (AvgIpc) is 3.22. The molecule has 2 heterocycles. The quantitative estimate of drug-likeness (QED) is 0.866. The molecule has 1 atom stereocenters. The van der Waals surface area contributed by atoms with E-state index in [1.165, 1.54) is 16.7 Å². The van der Waals surface area contributed by atoms with Crippen LogP contribution in [0.25, 0.3) is 11.1 Å². The van der Waals surface area contributed by atoms with Crippen molar-refractivity contribution in [1.82, 2.24) is 4.98 Å². The molecule has 1 unspecified atom stereocenters. The van der Waals surface area contributed by atoms with Gasteiger partial charge in [-0.25, -0.2) is 4.99 Å². The lowest BCUT2D eigenvalue weighted by Gasteiger charge is -2.45. The Kier molecular flexibility index (Phi) is 3.98. The van der Waals surface area contributed by atoms with Gasteiger partial charge in [0.2, 0.25) is 0 Å². The Hall–Kier alpha value is -2.40. The number of aromatic nitrogens is 1. The Morgan fingerprint density at radius 1 is 1.14 bits per heavy atom. The van der Waals surface area contributed by atoms with Crippen molar-refractivity contribution in [2.45, 2.75) is 50.7 Å². The van der Waals surface area contributed by atoms with E-state index < -0.39 is 0 Å². The van der Waals surface area contributed by atoms with Crippen LogP contribution >= 0.6 is 0 Å². The summed E-state index contributed by atoms with van der Waals surface area (Å²) in [7, 11) is 1.82. The first-order valence-electron chi connectivity index (χ1n) is 10.1. The zero-order chi connectivity index (χ0) is 19.4. The number of ether oxygens (including phenoxy) is 2. The highest BCUT2D eigenvalue weighted by Crippen LogP contribution is 2.61. The molecule has 0 amide bonds. The summed E-state index contributed by atoms with van der Waals surface area (Å²) in [6.45, 7) is 2.61. The highest BCUT2D eigenvalue weighted by atomic mass is 16.5. The summed E-state index contributed by atoms with van der Waals surface area (Å²) in [5.41, 5.74) is 11.9. The molecule has 1 aromatic heterocycles. The number of nitrogens with two attached hydrogens (primary N) is 1. The maximum atomic E-state index is 6.05. The summed E-state index contributed by atoms with van der Waals surface area (Å²) in [5.74, 6) is 0. The van der Waals surface area contributed by atoms with Gasteiger partial charge in [-0.3, -0.25) is 4.98 Å².